The average molecular weight is 293 g/mol. The van der Waals surface area contributed by atoms with Crippen LogP contribution in [0.2, 0.25) is 0 Å². The van der Waals surface area contributed by atoms with Gasteiger partial charge in [-0.15, -0.1) is 0 Å². The zero-order valence-corrected chi connectivity index (χ0v) is 11.7. The van der Waals surface area contributed by atoms with Crippen LogP contribution in [-0.4, -0.2) is 13.1 Å². The normalized spacial score (nSPS) is 15.8. The number of halogens is 1. The van der Waals surface area contributed by atoms with Crippen LogP contribution < -0.4 is 4.90 Å². The summed E-state index contributed by atoms with van der Waals surface area (Å²) in [6.07, 6.45) is 5.13. The molecule has 1 aliphatic carbocycles. The first-order valence-corrected chi connectivity index (χ1v) is 7.20. The molecule has 90 valence electrons. The maximum absolute atomic E-state index is 9.24. The first-order chi connectivity index (χ1) is 8.26. The van der Waals surface area contributed by atoms with Crippen LogP contribution in [0.4, 0.5) is 5.69 Å². The number of nitrogens with zero attached hydrogens (tertiary/aromatic N) is 2. The van der Waals surface area contributed by atoms with E-state index >= 15 is 0 Å². The van der Waals surface area contributed by atoms with E-state index in [1.807, 2.05) is 6.07 Å². The van der Waals surface area contributed by atoms with Gasteiger partial charge in [-0.3, -0.25) is 0 Å². The Hall–Kier alpha value is -1.01. The summed E-state index contributed by atoms with van der Waals surface area (Å²) in [5.41, 5.74) is 3.02. The Balaban J connectivity index is 2.28. The van der Waals surface area contributed by atoms with Crippen molar-refractivity contribution < 1.29 is 0 Å². The van der Waals surface area contributed by atoms with Gasteiger partial charge in [-0.2, -0.15) is 5.26 Å². The molecule has 0 amide bonds. The van der Waals surface area contributed by atoms with E-state index < -0.39 is 0 Å². The number of rotatable bonds is 3. The van der Waals surface area contributed by atoms with Gasteiger partial charge in [0, 0.05) is 18.4 Å². The highest BCUT2D eigenvalue weighted by atomic mass is 79.9. The van der Waals surface area contributed by atoms with Crippen molar-refractivity contribution >= 4 is 21.6 Å². The first-order valence-electron chi connectivity index (χ1n) is 6.08. The fraction of sp³-hybridized carbons (Fsp3) is 0.500. The van der Waals surface area contributed by atoms with Gasteiger partial charge in [0.15, 0.2) is 0 Å². The molecule has 17 heavy (non-hydrogen) atoms. The SMILES string of the molecule is CN(c1ccc(CBr)cc1C#N)C1CCCC1. The number of nitriles is 1. The van der Waals surface area contributed by atoms with Gasteiger partial charge in [0.25, 0.3) is 0 Å². The van der Waals surface area contributed by atoms with E-state index in [0.717, 1.165) is 22.1 Å². The lowest BCUT2D eigenvalue weighted by molar-refractivity contribution is 0.653. The molecule has 0 aromatic heterocycles. The maximum Gasteiger partial charge on any atom is 0.101 e. The number of alkyl halides is 1. The van der Waals surface area contributed by atoms with Gasteiger partial charge in [0.1, 0.15) is 6.07 Å². The minimum absolute atomic E-state index is 0.608. The molecule has 0 spiro atoms. The third-order valence-electron chi connectivity index (χ3n) is 3.59. The third kappa shape index (κ3) is 2.63. The Morgan fingerprint density at radius 1 is 1.41 bits per heavy atom. The number of hydrogen-bond acceptors (Lipinski definition) is 2. The molecule has 0 bridgehead atoms. The predicted octanol–water partition coefficient (Wildman–Crippen LogP) is 3.83. The molecule has 0 unspecified atom stereocenters. The van der Waals surface area contributed by atoms with Crippen molar-refractivity contribution in [3.8, 4) is 6.07 Å². The van der Waals surface area contributed by atoms with Crippen molar-refractivity contribution in [2.45, 2.75) is 37.1 Å². The summed E-state index contributed by atoms with van der Waals surface area (Å²) in [5, 5.41) is 10.0. The second-order valence-electron chi connectivity index (χ2n) is 4.65. The summed E-state index contributed by atoms with van der Waals surface area (Å²) in [6.45, 7) is 0. The Bertz CT molecular complexity index is 430. The van der Waals surface area contributed by atoms with Gasteiger partial charge in [-0.05, 0) is 30.5 Å². The lowest BCUT2D eigenvalue weighted by atomic mass is 10.1. The number of benzene rings is 1. The van der Waals surface area contributed by atoms with E-state index in [1.165, 1.54) is 25.7 Å². The smallest absolute Gasteiger partial charge is 0.101 e. The lowest BCUT2D eigenvalue weighted by Crippen LogP contribution is -2.29. The van der Waals surface area contributed by atoms with Crippen LogP contribution in [0, 0.1) is 11.3 Å². The Labute approximate surface area is 111 Å². The number of anilines is 1. The molecule has 0 saturated heterocycles. The van der Waals surface area contributed by atoms with E-state index in [4.69, 9.17) is 0 Å². The summed E-state index contributed by atoms with van der Waals surface area (Å²) in [7, 11) is 2.11. The molecule has 3 heteroatoms. The molecule has 1 aromatic carbocycles. The van der Waals surface area contributed by atoms with Crippen molar-refractivity contribution in [3.63, 3.8) is 0 Å². The highest BCUT2D eigenvalue weighted by molar-refractivity contribution is 9.08. The molecule has 0 heterocycles. The number of hydrogen-bond donors (Lipinski definition) is 0. The second kappa shape index (κ2) is 5.55. The maximum atomic E-state index is 9.24. The largest absolute Gasteiger partial charge is 0.371 e. The molecular weight excluding hydrogens is 276 g/mol. The van der Waals surface area contributed by atoms with Crippen molar-refractivity contribution in [2.75, 3.05) is 11.9 Å². The van der Waals surface area contributed by atoms with Crippen LogP contribution in [0.1, 0.15) is 36.8 Å². The van der Waals surface area contributed by atoms with Crippen molar-refractivity contribution in [1.29, 1.82) is 5.26 Å². The van der Waals surface area contributed by atoms with Gasteiger partial charge >= 0.3 is 0 Å². The Morgan fingerprint density at radius 3 is 2.71 bits per heavy atom. The first kappa shape index (κ1) is 12.4. The molecule has 2 rings (SSSR count). The summed E-state index contributed by atoms with van der Waals surface area (Å²) in [6, 6.07) is 9.07. The lowest BCUT2D eigenvalue weighted by Gasteiger charge is -2.27. The summed E-state index contributed by atoms with van der Waals surface area (Å²) < 4.78 is 0. The fourth-order valence-electron chi connectivity index (χ4n) is 2.55. The topological polar surface area (TPSA) is 27.0 Å². The van der Waals surface area contributed by atoms with Gasteiger partial charge in [-0.1, -0.05) is 34.8 Å². The van der Waals surface area contributed by atoms with Crippen LogP contribution in [-0.2, 0) is 5.33 Å². The molecule has 2 nitrogen and oxygen atoms in total. The highest BCUT2D eigenvalue weighted by Gasteiger charge is 2.21. The quantitative estimate of drug-likeness (QED) is 0.792. The molecule has 1 aliphatic rings. The Kier molecular flexibility index (Phi) is 4.06. The fourth-order valence-corrected chi connectivity index (χ4v) is 2.90. The van der Waals surface area contributed by atoms with Gasteiger partial charge in [0.05, 0.1) is 11.3 Å². The summed E-state index contributed by atoms with van der Waals surface area (Å²) in [4.78, 5) is 2.28. The molecule has 0 aliphatic heterocycles. The summed E-state index contributed by atoms with van der Waals surface area (Å²) >= 11 is 3.43. The molecule has 0 N–H and O–H groups in total. The second-order valence-corrected chi connectivity index (χ2v) is 5.21. The zero-order chi connectivity index (χ0) is 12.3. The molecule has 1 aromatic rings. The van der Waals surface area contributed by atoms with Crippen LogP contribution in [0.3, 0.4) is 0 Å². The van der Waals surface area contributed by atoms with Crippen LogP contribution in [0.5, 0.6) is 0 Å². The minimum atomic E-state index is 0.608. The van der Waals surface area contributed by atoms with Gasteiger partial charge in [-0.25, -0.2) is 0 Å². The van der Waals surface area contributed by atoms with Gasteiger partial charge < -0.3 is 4.90 Å². The van der Waals surface area contributed by atoms with Crippen LogP contribution >= 0.6 is 15.9 Å². The average Bonchev–Trinajstić information content (AvgIpc) is 2.91. The van der Waals surface area contributed by atoms with Crippen molar-refractivity contribution in [3.05, 3.63) is 29.3 Å². The molecule has 1 saturated carbocycles. The monoisotopic (exact) mass is 292 g/mol. The van der Waals surface area contributed by atoms with Crippen LogP contribution in [0.25, 0.3) is 0 Å². The highest BCUT2D eigenvalue weighted by Crippen LogP contribution is 2.29. The van der Waals surface area contributed by atoms with Crippen molar-refractivity contribution in [2.24, 2.45) is 0 Å². The van der Waals surface area contributed by atoms with E-state index in [0.29, 0.717) is 6.04 Å². The minimum Gasteiger partial charge on any atom is -0.371 e. The molecular formula is C14H17BrN2. The van der Waals surface area contributed by atoms with Crippen LogP contribution in [0.15, 0.2) is 18.2 Å². The van der Waals surface area contributed by atoms with Crippen molar-refractivity contribution in [1.82, 2.24) is 0 Å². The predicted molar refractivity (Wildman–Crippen MR) is 74.4 cm³/mol. The Morgan fingerprint density at radius 2 is 2.12 bits per heavy atom. The third-order valence-corrected chi connectivity index (χ3v) is 4.24. The van der Waals surface area contributed by atoms with E-state index in [-0.39, 0.29) is 0 Å². The zero-order valence-electron chi connectivity index (χ0n) is 10.1. The molecule has 0 atom stereocenters. The summed E-state index contributed by atoms with van der Waals surface area (Å²) in [5.74, 6) is 0. The molecule has 0 radical (unpaired) electrons. The standard InChI is InChI=1S/C14H17BrN2/c1-17(13-4-2-3-5-13)14-7-6-11(9-15)8-12(14)10-16/h6-8,13H,2-5,9H2,1H3. The van der Waals surface area contributed by atoms with E-state index in [1.54, 1.807) is 0 Å². The van der Waals surface area contributed by atoms with E-state index in [9.17, 15) is 5.26 Å². The van der Waals surface area contributed by atoms with E-state index in [2.05, 4.69) is 46.1 Å². The van der Waals surface area contributed by atoms with Gasteiger partial charge in [0.2, 0.25) is 0 Å². The molecule has 1 fully saturated rings.